The Morgan fingerprint density at radius 1 is 1.24 bits per heavy atom. The molecule has 1 fully saturated rings. The smallest absolute Gasteiger partial charge is 0.354 e. The van der Waals surface area contributed by atoms with E-state index in [1.54, 1.807) is 0 Å². The minimum Gasteiger partial charge on any atom is -0.480 e. The zero-order chi connectivity index (χ0) is 18.4. The molecule has 6 nitrogen and oxygen atoms in total. The fourth-order valence-corrected chi connectivity index (χ4v) is 3.61. The van der Waals surface area contributed by atoms with E-state index in [4.69, 9.17) is 32.7 Å². The van der Waals surface area contributed by atoms with Crippen LogP contribution in [-0.4, -0.2) is 22.8 Å². The number of hydrogen-bond acceptors (Lipinski definition) is 5. The summed E-state index contributed by atoms with van der Waals surface area (Å²) < 4.78 is 11.0. The van der Waals surface area contributed by atoms with Crippen LogP contribution in [0.25, 0.3) is 0 Å². The first-order valence-electron chi connectivity index (χ1n) is 7.77. The minimum atomic E-state index is -1.25. The molecule has 1 aliphatic heterocycles. The van der Waals surface area contributed by atoms with Crippen molar-refractivity contribution in [3.8, 4) is 0 Å². The molecule has 8 heteroatoms. The monoisotopic (exact) mass is 385 g/mol. The lowest BCUT2D eigenvalue weighted by molar-refractivity contribution is -0.271. The molecule has 3 rings (SSSR count). The number of amides is 1. The van der Waals surface area contributed by atoms with Gasteiger partial charge < -0.3 is 19.9 Å². The molecule has 134 valence electrons. The second-order valence-electron chi connectivity index (χ2n) is 6.74. The van der Waals surface area contributed by atoms with Crippen molar-refractivity contribution in [3.63, 3.8) is 0 Å². The molecule has 1 heterocycles. The standard InChI is InChI=1S/C17H17Cl2NO5/c1-16(2)6-3-7-17(16)24-14(22)12(15(23)25-17)13(21)20-11-5-4-9(18)8-10(11)19/h4-5,8,22H,3,6-7H2,1-2H3,(H,20,21). The molecule has 2 aliphatic rings. The van der Waals surface area contributed by atoms with Crippen LogP contribution in [0.1, 0.15) is 33.1 Å². The average Bonchev–Trinajstić information content (AvgIpc) is 2.75. The van der Waals surface area contributed by atoms with Crippen LogP contribution in [0.2, 0.25) is 10.0 Å². The fraction of sp³-hybridized carbons (Fsp3) is 0.412. The van der Waals surface area contributed by atoms with Crippen molar-refractivity contribution in [2.24, 2.45) is 5.41 Å². The maximum absolute atomic E-state index is 12.4. The highest BCUT2D eigenvalue weighted by Crippen LogP contribution is 2.51. The third-order valence-electron chi connectivity index (χ3n) is 4.68. The van der Waals surface area contributed by atoms with Crippen molar-refractivity contribution in [2.75, 3.05) is 5.32 Å². The molecule has 1 unspecified atom stereocenters. The zero-order valence-electron chi connectivity index (χ0n) is 13.7. The van der Waals surface area contributed by atoms with Crippen LogP contribution < -0.4 is 5.32 Å². The van der Waals surface area contributed by atoms with E-state index in [1.165, 1.54) is 18.2 Å². The predicted octanol–water partition coefficient (Wildman–Crippen LogP) is 4.18. The van der Waals surface area contributed by atoms with Gasteiger partial charge in [0, 0.05) is 16.9 Å². The highest BCUT2D eigenvalue weighted by Gasteiger charge is 2.58. The molecule has 1 aromatic carbocycles. The van der Waals surface area contributed by atoms with Crippen molar-refractivity contribution in [3.05, 3.63) is 39.8 Å². The van der Waals surface area contributed by atoms with Crippen molar-refractivity contribution in [2.45, 2.75) is 38.9 Å². The molecule has 0 aromatic heterocycles. The number of rotatable bonds is 2. The molecule has 0 bridgehead atoms. The van der Waals surface area contributed by atoms with E-state index < -0.39 is 34.6 Å². The summed E-state index contributed by atoms with van der Waals surface area (Å²) in [5.74, 6) is -3.80. The highest BCUT2D eigenvalue weighted by atomic mass is 35.5. The summed E-state index contributed by atoms with van der Waals surface area (Å²) in [5, 5.41) is 13.2. The second-order valence-corrected chi connectivity index (χ2v) is 7.58. The number of carbonyl (C=O) groups excluding carboxylic acids is 2. The van der Waals surface area contributed by atoms with E-state index in [1.807, 2.05) is 13.8 Å². The van der Waals surface area contributed by atoms with Gasteiger partial charge in [0.25, 0.3) is 11.7 Å². The summed E-state index contributed by atoms with van der Waals surface area (Å²) in [5.41, 5.74) is -0.831. The number of hydrogen-bond donors (Lipinski definition) is 2. The topological polar surface area (TPSA) is 84.9 Å². The van der Waals surface area contributed by atoms with Crippen molar-refractivity contribution < 1.29 is 24.2 Å². The first-order chi connectivity index (χ1) is 11.7. The first-order valence-corrected chi connectivity index (χ1v) is 8.53. The van der Waals surface area contributed by atoms with Crippen LogP contribution in [0.5, 0.6) is 0 Å². The Hall–Kier alpha value is -1.92. The number of benzene rings is 1. The van der Waals surface area contributed by atoms with Crippen LogP contribution in [0, 0.1) is 5.41 Å². The Bertz CT molecular complexity index is 789. The van der Waals surface area contributed by atoms with Crippen molar-refractivity contribution in [1.29, 1.82) is 0 Å². The Morgan fingerprint density at radius 3 is 2.52 bits per heavy atom. The lowest BCUT2D eigenvalue weighted by atomic mass is 9.85. The normalized spacial score (nSPS) is 24.9. The molecular weight excluding hydrogens is 369 g/mol. The summed E-state index contributed by atoms with van der Waals surface area (Å²) in [4.78, 5) is 24.8. The molecule has 25 heavy (non-hydrogen) atoms. The van der Waals surface area contributed by atoms with Crippen LogP contribution in [0.3, 0.4) is 0 Å². The molecule has 1 amide bonds. The molecule has 1 aromatic rings. The molecule has 1 saturated carbocycles. The number of halogens is 2. The van der Waals surface area contributed by atoms with Gasteiger partial charge in [-0.05, 0) is 31.0 Å². The van der Waals surface area contributed by atoms with Gasteiger partial charge >= 0.3 is 11.9 Å². The van der Waals surface area contributed by atoms with Crippen LogP contribution in [-0.2, 0) is 19.1 Å². The quantitative estimate of drug-likeness (QED) is 0.588. The van der Waals surface area contributed by atoms with Gasteiger partial charge in [-0.25, -0.2) is 4.79 Å². The molecule has 2 N–H and O–H groups in total. The largest absolute Gasteiger partial charge is 0.480 e. The van der Waals surface area contributed by atoms with Crippen molar-refractivity contribution >= 4 is 40.8 Å². The van der Waals surface area contributed by atoms with Gasteiger partial charge in [0.2, 0.25) is 5.57 Å². The Morgan fingerprint density at radius 2 is 1.96 bits per heavy atom. The third-order valence-corrected chi connectivity index (χ3v) is 5.23. The lowest BCUT2D eigenvalue weighted by Gasteiger charge is -2.42. The first kappa shape index (κ1) is 17.9. The maximum atomic E-state index is 12.4. The maximum Gasteiger partial charge on any atom is 0.354 e. The van der Waals surface area contributed by atoms with Gasteiger partial charge in [0.1, 0.15) is 0 Å². The van der Waals surface area contributed by atoms with E-state index in [2.05, 4.69) is 5.32 Å². The van der Waals surface area contributed by atoms with E-state index >= 15 is 0 Å². The van der Waals surface area contributed by atoms with Gasteiger partial charge in [0.15, 0.2) is 0 Å². The Balaban J connectivity index is 1.87. The number of carbonyl (C=O) groups is 2. The zero-order valence-corrected chi connectivity index (χ0v) is 15.2. The Kier molecular flexibility index (Phi) is 4.37. The number of anilines is 1. The molecule has 1 atom stereocenters. The highest BCUT2D eigenvalue weighted by molar-refractivity contribution is 6.37. The molecule has 1 aliphatic carbocycles. The minimum absolute atomic E-state index is 0.194. The van der Waals surface area contributed by atoms with Gasteiger partial charge in [-0.2, -0.15) is 0 Å². The van der Waals surface area contributed by atoms with E-state index in [0.29, 0.717) is 11.4 Å². The van der Waals surface area contributed by atoms with Gasteiger partial charge in [-0.15, -0.1) is 0 Å². The number of esters is 1. The summed E-state index contributed by atoms with van der Waals surface area (Å²) in [7, 11) is 0. The number of aliphatic hydroxyl groups excluding tert-OH is 1. The number of nitrogens with one attached hydrogen (secondary N) is 1. The van der Waals surface area contributed by atoms with E-state index in [9.17, 15) is 14.7 Å². The van der Waals surface area contributed by atoms with Crippen molar-refractivity contribution in [1.82, 2.24) is 0 Å². The lowest BCUT2D eigenvalue weighted by Crippen LogP contribution is -2.50. The summed E-state index contributed by atoms with van der Waals surface area (Å²) in [6.45, 7) is 3.78. The fourth-order valence-electron chi connectivity index (χ4n) is 3.15. The van der Waals surface area contributed by atoms with Crippen LogP contribution >= 0.6 is 23.2 Å². The summed E-state index contributed by atoms with van der Waals surface area (Å²) in [6.07, 6.45) is 2.01. The molecule has 1 spiro atoms. The van der Waals surface area contributed by atoms with Crippen LogP contribution in [0.15, 0.2) is 29.7 Å². The number of aliphatic hydroxyl groups is 1. The summed E-state index contributed by atoms with van der Waals surface area (Å²) in [6, 6.07) is 4.46. The van der Waals surface area contributed by atoms with Gasteiger partial charge in [-0.1, -0.05) is 37.0 Å². The summed E-state index contributed by atoms with van der Waals surface area (Å²) >= 11 is 11.8. The second kappa shape index (κ2) is 6.11. The van der Waals surface area contributed by atoms with Gasteiger partial charge in [0.05, 0.1) is 10.7 Å². The van der Waals surface area contributed by atoms with E-state index in [0.717, 1.165) is 12.8 Å². The molecular formula is C17H17Cl2NO5. The Labute approximate surface area is 154 Å². The predicted molar refractivity (Wildman–Crippen MR) is 92.3 cm³/mol. The van der Waals surface area contributed by atoms with Gasteiger partial charge in [-0.3, -0.25) is 4.79 Å². The number of ether oxygens (including phenoxy) is 2. The SMILES string of the molecule is CC1(C)CCCC12OC(=O)C(C(=O)Nc1ccc(Cl)cc1Cl)=C(O)O2. The molecule has 0 saturated heterocycles. The van der Waals surface area contributed by atoms with E-state index in [-0.39, 0.29) is 10.7 Å². The van der Waals surface area contributed by atoms with Crippen LogP contribution in [0.4, 0.5) is 5.69 Å². The molecule has 0 radical (unpaired) electrons. The third kappa shape index (κ3) is 3.04. The average molecular weight is 386 g/mol.